The van der Waals surface area contributed by atoms with Gasteiger partial charge in [-0.15, -0.1) is 0 Å². The van der Waals surface area contributed by atoms with Crippen molar-refractivity contribution >= 4 is 0 Å². The largest absolute Gasteiger partial charge is 0.460 e. The topological polar surface area (TPSA) is 113 Å². The Morgan fingerprint density at radius 1 is 0.383 bits per heavy atom. The lowest BCUT2D eigenvalue weighted by Crippen LogP contribution is -2.84. The molecule has 0 heterocycles. The molecule has 0 aromatic heterocycles. The molecule has 0 atom stereocenters. The standard InChI is InChI=1S/C36H54O11/c1-12-23-24-25-26-27-28-29-30-31-32(38-13-2,39-14-3)33(40-15-4,41-16-5)34(42-17-6,43-18-7)35(44-19-8,45-20-9)36(37,46-21-10)47-22-11/h13-22,37H,2-12,23-31H2,1H3. The maximum absolute atomic E-state index is 12.1. The van der Waals surface area contributed by atoms with Crippen molar-refractivity contribution in [1.29, 1.82) is 0 Å². The molecule has 47 heavy (non-hydrogen) atoms. The molecule has 0 aliphatic carbocycles. The number of ether oxygens (including phenoxy) is 10. The van der Waals surface area contributed by atoms with Crippen LogP contribution in [0.25, 0.3) is 0 Å². The SMILES string of the molecule is C=COC(O)(OC=C)C(OC=C)(OC=C)C(OC=C)(OC=C)C(OC=C)(OC=C)C(CCCCCCCCCCC)(OC=C)OC=C. The molecule has 0 saturated heterocycles. The predicted octanol–water partition coefficient (Wildman–Crippen LogP) is 8.94. The molecule has 0 aromatic carbocycles. The van der Waals surface area contributed by atoms with Gasteiger partial charge in [-0.25, -0.2) is 0 Å². The van der Waals surface area contributed by atoms with Crippen molar-refractivity contribution in [3.05, 3.63) is 128 Å². The summed E-state index contributed by atoms with van der Waals surface area (Å²) in [6, 6.07) is 0. The Balaban J connectivity index is 8.02. The van der Waals surface area contributed by atoms with E-state index in [4.69, 9.17) is 47.4 Å². The fourth-order valence-corrected chi connectivity index (χ4v) is 5.22. The second-order valence-corrected chi connectivity index (χ2v) is 9.61. The first-order valence-electron chi connectivity index (χ1n) is 15.3. The second-order valence-electron chi connectivity index (χ2n) is 9.61. The molecule has 0 radical (unpaired) electrons. The molecule has 0 aromatic rings. The van der Waals surface area contributed by atoms with Gasteiger partial charge in [0.15, 0.2) is 0 Å². The summed E-state index contributed by atoms with van der Waals surface area (Å²) in [7, 11) is 0. The number of aliphatic hydroxyl groups is 1. The first kappa shape index (κ1) is 42.4. The van der Waals surface area contributed by atoms with Crippen LogP contribution in [0.1, 0.15) is 71.1 Å². The fraction of sp³-hybridized carbons (Fsp3) is 0.444. The molecule has 0 unspecified atom stereocenters. The third-order valence-electron chi connectivity index (χ3n) is 6.92. The van der Waals surface area contributed by atoms with Gasteiger partial charge in [0.1, 0.15) is 0 Å². The molecule has 11 heteroatoms. The zero-order valence-corrected chi connectivity index (χ0v) is 27.9. The summed E-state index contributed by atoms with van der Waals surface area (Å²) in [4.78, 5) is 0. The van der Waals surface area contributed by atoms with Crippen LogP contribution in [0.3, 0.4) is 0 Å². The Labute approximate surface area is 281 Å². The van der Waals surface area contributed by atoms with Crippen molar-refractivity contribution in [2.24, 2.45) is 0 Å². The number of hydrogen-bond donors (Lipinski definition) is 1. The molecule has 0 saturated carbocycles. The van der Waals surface area contributed by atoms with Crippen LogP contribution >= 0.6 is 0 Å². The van der Waals surface area contributed by atoms with Gasteiger partial charge in [0.25, 0.3) is 0 Å². The van der Waals surface area contributed by atoms with Crippen LogP contribution in [0, 0.1) is 0 Å². The van der Waals surface area contributed by atoms with Crippen molar-refractivity contribution < 1.29 is 52.5 Å². The van der Waals surface area contributed by atoms with E-state index in [1.807, 2.05) is 0 Å². The highest BCUT2D eigenvalue weighted by atomic mass is 16.9. The van der Waals surface area contributed by atoms with E-state index < -0.39 is 29.1 Å². The summed E-state index contributed by atoms with van der Waals surface area (Å²) >= 11 is 0. The van der Waals surface area contributed by atoms with Crippen molar-refractivity contribution in [3.8, 4) is 0 Å². The highest BCUT2D eigenvalue weighted by Crippen LogP contribution is 2.57. The Kier molecular flexibility index (Phi) is 19.8. The molecule has 0 fully saturated rings. The van der Waals surface area contributed by atoms with E-state index in [2.05, 4.69) is 72.7 Å². The molecule has 0 amide bonds. The van der Waals surface area contributed by atoms with Gasteiger partial charge >= 0.3 is 29.1 Å². The van der Waals surface area contributed by atoms with Crippen LogP contribution < -0.4 is 0 Å². The summed E-state index contributed by atoms with van der Waals surface area (Å²) in [5.74, 6) is -14.1. The minimum atomic E-state index is -3.16. The van der Waals surface area contributed by atoms with E-state index >= 15 is 0 Å². The molecule has 0 aliphatic rings. The Morgan fingerprint density at radius 2 is 0.681 bits per heavy atom. The lowest BCUT2D eigenvalue weighted by molar-refractivity contribution is -0.561. The molecular formula is C36H54O11. The highest BCUT2D eigenvalue weighted by Gasteiger charge is 2.91. The monoisotopic (exact) mass is 662 g/mol. The average molecular weight is 663 g/mol. The van der Waals surface area contributed by atoms with Gasteiger partial charge in [-0.3, -0.25) is 0 Å². The molecule has 1 N–H and O–H groups in total. The van der Waals surface area contributed by atoms with Gasteiger partial charge in [0.2, 0.25) is 0 Å². The summed E-state index contributed by atoms with van der Waals surface area (Å²) in [5, 5.41) is 12.1. The summed E-state index contributed by atoms with van der Waals surface area (Å²) < 4.78 is 59.5. The first-order valence-corrected chi connectivity index (χ1v) is 15.3. The van der Waals surface area contributed by atoms with Crippen LogP contribution in [0.5, 0.6) is 0 Å². The molecule has 0 rings (SSSR count). The van der Waals surface area contributed by atoms with Crippen molar-refractivity contribution in [2.45, 2.75) is 100 Å². The first-order chi connectivity index (χ1) is 22.7. The summed E-state index contributed by atoms with van der Waals surface area (Å²) in [6.07, 6.45) is 18.1. The molecule has 0 aliphatic heterocycles. The van der Waals surface area contributed by atoms with Crippen LogP contribution in [-0.2, 0) is 47.4 Å². The predicted molar refractivity (Wildman–Crippen MR) is 181 cm³/mol. The molecule has 264 valence electrons. The van der Waals surface area contributed by atoms with E-state index in [0.717, 1.165) is 94.7 Å². The minimum Gasteiger partial charge on any atom is -0.454 e. The highest BCUT2D eigenvalue weighted by molar-refractivity contribution is 5.16. The summed E-state index contributed by atoms with van der Waals surface area (Å²) in [6.45, 7) is 38.7. The van der Waals surface area contributed by atoms with E-state index in [1.54, 1.807) is 0 Å². The van der Waals surface area contributed by atoms with Crippen molar-refractivity contribution in [2.75, 3.05) is 0 Å². The van der Waals surface area contributed by atoms with Gasteiger partial charge in [-0.2, -0.15) is 0 Å². The lowest BCUT2D eigenvalue weighted by Gasteiger charge is -2.57. The lowest BCUT2D eigenvalue weighted by atomic mass is 9.83. The Hall–Kier alpha value is -4.64. The Bertz CT molecular complexity index is 968. The number of hydrogen-bond acceptors (Lipinski definition) is 11. The normalized spacial score (nSPS) is 11.6. The van der Waals surface area contributed by atoms with E-state index in [-0.39, 0.29) is 6.42 Å². The van der Waals surface area contributed by atoms with Crippen LogP contribution in [0.15, 0.2) is 128 Å². The van der Waals surface area contributed by atoms with Crippen LogP contribution in [0.2, 0.25) is 0 Å². The van der Waals surface area contributed by atoms with Crippen LogP contribution in [0.4, 0.5) is 0 Å². The molecule has 0 spiro atoms. The average Bonchev–Trinajstić information content (AvgIpc) is 3.03. The third-order valence-corrected chi connectivity index (χ3v) is 6.92. The van der Waals surface area contributed by atoms with Gasteiger partial charge in [-0.1, -0.05) is 124 Å². The van der Waals surface area contributed by atoms with Crippen LogP contribution in [-0.4, -0.2) is 34.2 Å². The smallest absolute Gasteiger partial charge is 0.454 e. The molecule has 0 bridgehead atoms. The number of rotatable bonds is 34. The third kappa shape index (κ3) is 9.22. The van der Waals surface area contributed by atoms with Gasteiger partial charge in [0.05, 0.1) is 62.6 Å². The van der Waals surface area contributed by atoms with Gasteiger partial charge in [0, 0.05) is 6.42 Å². The zero-order valence-electron chi connectivity index (χ0n) is 27.9. The summed E-state index contributed by atoms with van der Waals surface area (Å²) in [5.41, 5.74) is 0. The van der Waals surface area contributed by atoms with Gasteiger partial charge in [-0.05, 0) is 6.42 Å². The van der Waals surface area contributed by atoms with Crippen molar-refractivity contribution in [3.63, 3.8) is 0 Å². The molecule has 11 nitrogen and oxygen atoms in total. The number of unbranched alkanes of at least 4 members (excludes halogenated alkanes) is 8. The second kappa shape index (κ2) is 22.0. The van der Waals surface area contributed by atoms with Gasteiger partial charge < -0.3 is 52.5 Å². The maximum atomic E-state index is 12.1. The van der Waals surface area contributed by atoms with E-state index in [0.29, 0.717) is 6.42 Å². The maximum Gasteiger partial charge on any atom is 0.460 e. The van der Waals surface area contributed by atoms with Crippen molar-refractivity contribution in [1.82, 2.24) is 0 Å². The Morgan fingerprint density at radius 3 is 1.02 bits per heavy atom. The zero-order chi connectivity index (χ0) is 35.7. The van der Waals surface area contributed by atoms with E-state index in [1.165, 1.54) is 19.3 Å². The van der Waals surface area contributed by atoms with E-state index in [9.17, 15) is 5.11 Å². The molecular weight excluding hydrogens is 608 g/mol. The fourth-order valence-electron chi connectivity index (χ4n) is 5.22. The quantitative estimate of drug-likeness (QED) is 0.0405. The minimum absolute atomic E-state index is 0.0351.